The van der Waals surface area contributed by atoms with Gasteiger partial charge in [-0.15, -0.1) is 11.3 Å². The number of para-hydroxylation sites is 6. The van der Waals surface area contributed by atoms with Gasteiger partial charge in [0.05, 0.1) is 32.3 Å². The summed E-state index contributed by atoms with van der Waals surface area (Å²) in [5, 5.41) is 11.3. The van der Waals surface area contributed by atoms with Gasteiger partial charge in [-0.2, -0.15) is 15.0 Å². The first-order chi connectivity index (χ1) is 32.3. The topological polar surface area (TPSA) is 66.6 Å². The molecular formula is C57H32N6OS. The van der Waals surface area contributed by atoms with Gasteiger partial charge in [0.1, 0.15) is 11.1 Å². The third kappa shape index (κ3) is 4.75. The highest BCUT2D eigenvalue weighted by atomic mass is 32.1. The van der Waals surface area contributed by atoms with Crippen molar-refractivity contribution in [3.05, 3.63) is 194 Å². The lowest BCUT2D eigenvalue weighted by Crippen LogP contribution is -2.10. The Balaban J connectivity index is 1.13. The van der Waals surface area contributed by atoms with Crippen molar-refractivity contribution in [2.45, 2.75) is 0 Å². The van der Waals surface area contributed by atoms with E-state index in [4.69, 9.17) is 19.4 Å². The first-order valence-corrected chi connectivity index (χ1v) is 22.6. The van der Waals surface area contributed by atoms with Gasteiger partial charge in [-0.3, -0.25) is 9.13 Å². The van der Waals surface area contributed by atoms with Crippen molar-refractivity contribution in [1.29, 1.82) is 0 Å². The second kappa shape index (κ2) is 13.0. The van der Waals surface area contributed by atoms with Gasteiger partial charge in [0.2, 0.25) is 11.9 Å². The van der Waals surface area contributed by atoms with E-state index in [1.54, 1.807) is 0 Å². The van der Waals surface area contributed by atoms with E-state index in [1.165, 1.54) is 20.2 Å². The van der Waals surface area contributed by atoms with Crippen LogP contribution in [-0.4, -0.2) is 28.7 Å². The molecule has 0 atom stereocenters. The van der Waals surface area contributed by atoms with Crippen LogP contribution in [0.15, 0.2) is 199 Å². The number of hydrogen-bond acceptors (Lipinski definition) is 5. The zero-order valence-corrected chi connectivity index (χ0v) is 35.3. The molecule has 0 aliphatic rings. The van der Waals surface area contributed by atoms with Crippen molar-refractivity contribution in [1.82, 2.24) is 28.7 Å². The molecule has 0 unspecified atom stereocenters. The van der Waals surface area contributed by atoms with E-state index >= 15 is 0 Å². The smallest absolute Gasteiger partial charge is 0.240 e. The first kappa shape index (κ1) is 34.9. The Morgan fingerprint density at radius 3 is 1.60 bits per heavy atom. The van der Waals surface area contributed by atoms with Crippen LogP contribution in [0.4, 0.5) is 0 Å². The lowest BCUT2D eigenvalue weighted by atomic mass is 10.1. The van der Waals surface area contributed by atoms with Gasteiger partial charge in [0, 0.05) is 69.8 Å². The summed E-state index contributed by atoms with van der Waals surface area (Å²) in [5.41, 5.74) is 9.71. The summed E-state index contributed by atoms with van der Waals surface area (Å²) in [7, 11) is 0. The molecule has 0 radical (unpaired) electrons. The molecule has 0 bridgehead atoms. The maximum atomic E-state index is 6.82. The van der Waals surface area contributed by atoms with Gasteiger partial charge in [-0.1, -0.05) is 140 Å². The first-order valence-electron chi connectivity index (χ1n) is 21.8. The second-order valence-corrected chi connectivity index (χ2v) is 17.8. The molecule has 0 fully saturated rings. The van der Waals surface area contributed by atoms with E-state index in [-0.39, 0.29) is 0 Å². The quantitative estimate of drug-likeness (QED) is 0.177. The van der Waals surface area contributed by atoms with E-state index in [0.29, 0.717) is 17.7 Å². The van der Waals surface area contributed by atoms with Crippen molar-refractivity contribution in [3.63, 3.8) is 0 Å². The average Bonchev–Trinajstić information content (AvgIpc) is 4.18. The van der Waals surface area contributed by atoms with E-state index in [1.807, 2.05) is 23.5 Å². The molecule has 0 aliphatic carbocycles. The molecule has 6 aromatic heterocycles. The minimum atomic E-state index is 0.498. The monoisotopic (exact) mass is 848 g/mol. The molecule has 0 saturated carbocycles. The van der Waals surface area contributed by atoms with Crippen LogP contribution in [0, 0.1) is 0 Å². The normalized spacial score (nSPS) is 12.3. The Labute approximate surface area is 373 Å². The molecule has 8 heteroatoms. The maximum absolute atomic E-state index is 6.82. The van der Waals surface area contributed by atoms with Crippen molar-refractivity contribution in [3.8, 4) is 29.0 Å². The number of fused-ring (bicyclic) bond motifs is 17. The fourth-order valence-corrected chi connectivity index (χ4v) is 11.8. The van der Waals surface area contributed by atoms with Crippen LogP contribution in [0.1, 0.15) is 0 Å². The highest BCUT2D eigenvalue weighted by Gasteiger charge is 2.26. The van der Waals surface area contributed by atoms with Crippen molar-refractivity contribution in [2.24, 2.45) is 0 Å². The van der Waals surface area contributed by atoms with Crippen LogP contribution in [0.25, 0.3) is 137 Å². The number of aromatic nitrogens is 6. The summed E-state index contributed by atoms with van der Waals surface area (Å²) in [6.07, 6.45) is 0. The number of furan rings is 1. The fraction of sp³-hybridized carbons (Fsp3) is 0. The van der Waals surface area contributed by atoms with Gasteiger partial charge < -0.3 is 8.98 Å². The summed E-state index contributed by atoms with van der Waals surface area (Å²) in [6.45, 7) is 0. The van der Waals surface area contributed by atoms with Crippen LogP contribution in [-0.2, 0) is 0 Å². The molecule has 9 aromatic carbocycles. The molecule has 0 N–H and O–H groups in total. The average molecular weight is 849 g/mol. The Morgan fingerprint density at radius 1 is 0.354 bits per heavy atom. The van der Waals surface area contributed by atoms with Crippen molar-refractivity contribution in [2.75, 3.05) is 0 Å². The molecule has 15 rings (SSSR count). The fourth-order valence-electron chi connectivity index (χ4n) is 10.6. The zero-order chi connectivity index (χ0) is 42.3. The predicted molar refractivity (Wildman–Crippen MR) is 268 cm³/mol. The van der Waals surface area contributed by atoms with Gasteiger partial charge >= 0.3 is 0 Å². The summed E-state index contributed by atoms with van der Waals surface area (Å²) in [6, 6.07) is 68.7. The lowest BCUT2D eigenvalue weighted by Gasteiger charge is -2.14. The lowest BCUT2D eigenvalue weighted by molar-refractivity contribution is 0.670. The van der Waals surface area contributed by atoms with Crippen molar-refractivity contribution < 1.29 is 4.42 Å². The Morgan fingerprint density at radius 2 is 0.877 bits per heavy atom. The van der Waals surface area contributed by atoms with Gasteiger partial charge in [0.25, 0.3) is 0 Å². The summed E-state index contributed by atoms with van der Waals surface area (Å²) >= 11 is 1.82. The standard InChI is InChI=1S/C57H32N6OS/c1-2-15-33(16-3-1)61-45-24-9-4-17-34(45)39-22-14-23-44(50(39)61)55-58-56(62-46-25-10-5-18-35(46)40-29-31-42-37-20-7-12-27-48(37)64-53(42)51(40)62)60-57(59-55)63-47-26-11-6-19-36(47)41-30-32-43-38-21-8-13-28-49(38)65-54(43)52(41)63/h1-32H. The number of rotatable bonds is 4. The number of benzene rings is 9. The minimum Gasteiger partial charge on any atom is -0.454 e. The maximum Gasteiger partial charge on any atom is 0.240 e. The highest BCUT2D eigenvalue weighted by molar-refractivity contribution is 7.26. The third-order valence-corrected chi connectivity index (χ3v) is 14.5. The van der Waals surface area contributed by atoms with E-state index in [0.717, 1.165) is 98.6 Å². The number of hydrogen-bond donors (Lipinski definition) is 0. The zero-order valence-electron chi connectivity index (χ0n) is 34.5. The highest BCUT2D eigenvalue weighted by Crippen LogP contribution is 2.45. The molecule has 7 nitrogen and oxygen atoms in total. The van der Waals surface area contributed by atoms with E-state index < -0.39 is 0 Å². The molecule has 0 aliphatic heterocycles. The number of nitrogens with zero attached hydrogens (tertiary/aromatic N) is 6. The third-order valence-electron chi connectivity index (χ3n) is 13.3. The summed E-state index contributed by atoms with van der Waals surface area (Å²) < 4.78 is 16.1. The molecule has 0 amide bonds. The molecule has 6 heterocycles. The second-order valence-electron chi connectivity index (χ2n) is 16.7. The SMILES string of the molecule is c1ccc(-n2c3ccccc3c3cccc(-c4nc(-n5c6ccccc6c6ccc7c8ccccc8oc7c65)nc(-n5c6ccccc6c6ccc7c8ccccc8sc7c65)n4)c32)cc1. The Bertz CT molecular complexity index is 4290. The summed E-state index contributed by atoms with van der Waals surface area (Å²) in [5.74, 6) is 1.59. The molecule has 15 aromatic rings. The van der Waals surface area contributed by atoms with Crippen molar-refractivity contribution >= 4 is 119 Å². The van der Waals surface area contributed by atoms with E-state index in [2.05, 4.69) is 196 Å². The van der Waals surface area contributed by atoms with Gasteiger partial charge in [-0.05, 0) is 54.6 Å². The van der Waals surface area contributed by atoms with Crippen LogP contribution in [0.3, 0.4) is 0 Å². The van der Waals surface area contributed by atoms with Crippen LogP contribution in [0.2, 0.25) is 0 Å². The Hall–Kier alpha value is -8.59. The summed E-state index contributed by atoms with van der Waals surface area (Å²) in [4.78, 5) is 16.9. The Kier molecular flexibility index (Phi) is 6.98. The predicted octanol–water partition coefficient (Wildman–Crippen LogP) is 15.1. The molecular weight excluding hydrogens is 817 g/mol. The van der Waals surface area contributed by atoms with Gasteiger partial charge in [-0.25, -0.2) is 0 Å². The van der Waals surface area contributed by atoms with Crippen LogP contribution in [0.5, 0.6) is 0 Å². The van der Waals surface area contributed by atoms with Gasteiger partial charge in [0.15, 0.2) is 11.4 Å². The molecule has 0 spiro atoms. The minimum absolute atomic E-state index is 0.498. The largest absolute Gasteiger partial charge is 0.454 e. The molecule has 302 valence electrons. The van der Waals surface area contributed by atoms with Crippen LogP contribution >= 0.6 is 11.3 Å². The molecule has 0 saturated heterocycles. The molecule has 65 heavy (non-hydrogen) atoms. The van der Waals surface area contributed by atoms with Crippen LogP contribution < -0.4 is 0 Å². The number of thiophene rings is 1. The van der Waals surface area contributed by atoms with E-state index in [9.17, 15) is 0 Å².